The van der Waals surface area contributed by atoms with Gasteiger partial charge in [0.15, 0.2) is 0 Å². The van der Waals surface area contributed by atoms with Gasteiger partial charge in [-0.15, -0.1) is 0 Å². The molecule has 0 bridgehead atoms. The molecule has 2 saturated heterocycles. The Bertz CT molecular complexity index is 763. The number of anilines is 1. The number of aromatic nitrogens is 2. The van der Waals surface area contributed by atoms with Crippen LogP contribution in [0.2, 0.25) is 0 Å². The maximum absolute atomic E-state index is 13.3. The first-order chi connectivity index (χ1) is 11.7. The number of amides is 1. The molecule has 0 radical (unpaired) electrons. The largest absolute Gasteiger partial charge is 0.381 e. The molecular weight excluding hydrogens is 311 g/mol. The van der Waals surface area contributed by atoms with Crippen molar-refractivity contribution in [1.82, 2.24) is 14.9 Å². The van der Waals surface area contributed by atoms with Gasteiger partial charge in [0, 0.05) is 38.1 Å². The van der Waals surface area contributed by atoms with Crippen LogP contribution in [0.25, 0.3) is 11.0 Å². The minimum absolute atomic E-state index is 0.119. The number of carbonyl (C=O) groups excluding carboxylic acids is 1. The third kappa shape index (κ3) is 2.80. The fourth-order valence-electron chi connectivity index (χ4n) is 3.50. The van der Waals surface area contributed by atoms with E-state index in [0.29, 0.717) is 16.7 Å². The molecule has 1 unspecified atom stereocenters. The summed E-state index contributed by atoms with van der Waals surface area (Å²) in [5, 5.41) is 3.27. The average Bonchev–Trinajstić information content (AvgIpc) is 2.96. The second kappa shape index (κ2) is 6.32. The highest BCUT2D eigenvalue weighted by atomic mass is 19.1. The van der Waals surface area contributed by atoms with E-state index in [2.05, 4.69) is 15.3 Å². The Kier molecular flexibility index (Phi) is 4.02. The van der Waals surface area contributed by atoms with Crippen LogP contribution in [0.15, 0.2) is 24.5 Å². The summed E-state index contributed by atoms with van der Waals surface area (Å²) >= 11 is 0. The molecule has 1 amide bonds. The Balaban J connectivity index is 1.53. The van der Waals surface area contributed by atoms with Crippen molar-refractivity contribution >= 4 is 22.6 Å². The van der Waals surface area contributed by atoms with Crippen LogP contribution < -0.4 is 5.32 Å². The van der Waals surface area contributed by atoms with Crippen LogP contribution >= 0.6 is 0 Å². The van der Waals surface area contributed by atoms with Gasteiger partial charge in [0.25, 0.3) is 0 Å². The summed E-state index contributed by atoms with van der Waals surface area (Å²) in [6.45, 7) is 2.19. The van der Waals surface area contributed by atoms with Crippen LogP contribution in [-0.2, 0) is 9.53 Å². The molecule has 2 aliphatic rings. The summed E-state index contributed by atoms with van der Waals surface area (Å²) in [6.07, 6.45) is 5.32. The lowest BCUT2D eigenvalue weighted by molar-refractivity contribution is -0.131. The monoisotopic (exact) mass is 330 g/mol. The first kappa shape index (κ1) is 15.3. The average molecular weight is 330 g/mol. The summed E-state index contributed by atoms with van der Waals surface area (Å²) in [7, 11) is 0. The minimum Gasteiger partial charge on any atom is -0.381 e. The molecule has 2 aromatic heterocycles. The highest BCUT2D eigenvalue weighted by molar-refractivity contribution is 5.92. The van der Waals surface area contributed by atoms with Crippen molar-refractivity contribution in [3.8, 4) is 0 Å². The SMILES string of the molecule is O=C1C(Nc2ccnc3cc(F)cnc23)CCN1C1CCOCC1. The lowest BCUT2D eigenvalue weighted by atomic mass is 10.1. The molecule has 6 nitrogen and oxygen atoms in total. The van der Waals surface area contributed by atoms with Gasteiger partial charge in [0.1, 0.15) is 17.4 Å². The molecule has 0 saturated carbocycles. The molecule has 2 aromatic rings. The van der Waals surface area contributed by atoms with Gasteiger partial charge in [-0.1, -0.05) is 0 Å². The summed E-state index contributed by atoms with van der Waals surface area (Å²) in [5.74, 6) is -0.302. The van der Waals surface area contributed by atoms with Crippen LogP contribution in [0.4, 0.5) is 10.1 Å². The highest BCUT2D eigenvalue weighted by Gasteiger charge is 2.36. The number of hydrogen-bond acceptors (Lipinski definition) is 5. The maximum atomic E-state index is 13.3. The number of nitrogens with zero attached hydrogens (tertiary/aromatic N) is 3. The van der Waals surface area contributed by atoms with Crippen LogP contribution in [-0.4, -0.2) is 52.6 Å². The van der Waals surface area contributed by atoms with Crippen LogP contribution in [0.1, 0.15) is 19.3 Å². The zero-order chi connectivity index (χ0) is 16.5. The van der Waals surface area contributed by atoms with Crippen molar-refractivity contribution in [2.75, 3.05) is 25.1 Å². The quantitative estimate of drug-likeness (QED) is 0.932. The molecule has 0 aromatic carbocycles. The van der Waals surface area contributed by atoms with Crippen molar-refractivity contribution in [2.45, 2.75) is 31.3 Å². The first-order valence-corrected chi connectivity index (χ1v) is 8.27. The maximum Gasteiger partial charge on any atom is 0.245 e. The van der Waals surface area contributed by atoms with E-state index in [4.69, 9.17) is 4.74 Å². The number of ether oxygens (including phenoxy) is 1. The minimum atomic E-state index is -0.421. The Morgan fingerprint density at radius 2 is 2.08 bits per heavy atom. The van der Waals surface area contributed by atoms with E-state index in [1.54, 1.807) is 12.3 Å². The van der Waals surface area contributed by atoms with E-state index in [-0.39, 0.29) is 18.0 Å². The van der Waals surface area contributed by atoms with E-state index in [9.17, 15) is 9.18 Å². The molecule has 4 heterocycles. The zero-order valence-corrected chi connectivity index (χ0v) is 13.2. The number of fused-ring (bicyclic) bond motifs is 1. The van der Waals surface area contributed by atoms with Gasteiger partial charge < -0.3 is 15.0 Å². The van der Waals surface area contributed by atoms with Crippen LogP contribution in [0.5, 0.6) is 0 Å². The van der Waals surface area contributed by atoms with Gasteiger partial charge in [-0.3, -0.25) is 9.78 Å². The Labute approximate surface area is 139 Å². The predicted molar refractivity (Wildman–Crippen MR) is 87.1 cm³/mol. The molecule has 4 rings (SSSR count). The number of hydrogen-bond donors (Lipinski definition) is 1. The number of carbonyl (C=O) groups is 1. The third-order valence-corrected chi connectivity index (χ3v) is 4.75. The lowest BCUT2D eigenvalue weighted by Crippen LogP contribution is -2.43. The van der Waals surface area contributed by atoms with E-state index >= 15 is 0 Å². The second-order valence-electron chi connectivity index (χ2n) is 6.24. The molecule has 1 atom stereocenters. The van der Waals surface area contributed by atoms with Gasteiger partial charge in [-0.05, 0) is 25.3 Å². The number of halogens is 1. The topological polar surface area (TPSA) is 67.4 Å². The van der Waals surface area contributed by atoms with Crippen molar-refractivity contribution in [2.24, 2.45) is 0 Å². The van der Waals surface area contributed by atoms with Crippen molar-refractivity contribution in [1.29, 1.82) is 0 Å². The van der Waals surface area contributed by atoms with Crippen molar-refractivity contribution < 1.29 is 13.9 Å². The molecule has 126 valence electrons. The Morgan fingerprint density at radius 1 is 1.25 bits per heavy atom. The normalized spacial score (nSPS) is 22.3. The second-order valence-corrected chi connectivity index (χ2v) is 6.24. The fraction of sp³-hybridized carbons (Fsp3) is 0.471. The summed E-state index contributed by atoms with van der Waals surface area (Å²) in [5.41, 5.74) is 1.77. The van der Waals surface area contributed by atoms with E-state index < -0.39 is 5.82 Å². The first-order valence-electron chi connectivity index (χ1n) is 8.27. The van der Waals surface area contributed by atoms with E-state index in [1.807, 2.05) is 4.90 Å². The van der Waals surface area contributed by atoms with E-state index in [0.717, 1.165) is 39.0 Å². The summed E-state index contributed by atoms with van der Waals surface area (Å²) in [4.78, 5) is 22.9. The molecule has 2 aliphatic heterocycles. The summed E-state index contributed by atoms with van der Waals surface area (Å²) in [6, 6.07) is 3.13. The van der Waals surface area contributed by atoms with Crippen LogP contribution in [0.3, 0.4) is 0 Å². The molecule has 2 fully saturated rings. The zero-order valence-electron chi connectivity index (χ0n) is 13.2. The van der Waals surface area contributed by atoms with Crippen LogP contribution in [0, 0.1) is 5.82 Å². The number of nitrogens with one attached hydrogen (secondary N) is 1. The molecule has 7 heteroatoms. The molecule has 0 aliphatic carbocycles. The standard InChI is InChI=1S/C17H19FN4O2/c18-11-9-15-16(20-10-11)13(1-5-19-15)21-14-2-6-22(17(14)23)12-3-7-24-8-4-12/h1,5,9-10,12,14H,2-4,6-8H2,(H,19,21). The predicted octanol–water partition coefficient (Wildman–Crippen LogP) is 1.96. The van der Waals surface area contributed by atoms with Crippen molar-refractivity contribution in [3.05, 3.63) is 30.3 Å². The summed E-state index contributed by atoms with van der Waals surface area (Å²) < 4.78 is 18.7. The molecule has 24 heavy (non-hydrogen) atoms. The van der Waals surface area contributed by atoms with E-state index in [1.165, 1.54) is 12.3 Å². The third-order valence-electron chi connectivity index (χ3n) is 4.75. The molecule has 0 spiro atoms. The lowest BCUT2D eigenvalue weighted by Gasteiger charge is -2.31. The fourth-order valence-corrected chi connectivity index (χ4v) is 3.50. The Morgan fingerprint density at radius 3 is 2.92 bits per heavy atom. The van der Waals surface area contributed by atoms with Gasteiger partial charge in [-0.25, -0.2) is 9.37 Å². The van der Waals surface area contributed by atoms with Gasteiger partial charge in [0.05, 0.1) is 17.4 Å². The highest BCUT2D eigenvalue weighted by Crippen LogP contribution is 2.26. The Hall–Kier alpha value is -2.28. The number of likely N-dealkylation sites (tertiary alicyclic amines) is 1. The molecular formula is C17H19FN4O2. The smallest absolute Gasteiger partial charge is 0.245 e. The van der Waals surface area contributed by atoms with Gasteiger partial charge in [0.2, 0.25) is 5.91 Å². The number of pyridine rings is 2. The van der Waals surface area contributed by atoms with Gasteiger partial charge in [-0.2, -0.15) is 0 Å². The number of rotatable bonds is 3. The van der Waals surface area contributed by atoms with Crippen molar-refractivity contribution in [3.63, 3.8) is 0 Å². The van der Waals surface area contributed by atoms with Gasteiger partial charge >= 0.3 is 0 Å². The molecule has 1 N–H and O–H groups in total.